The van der Waals surface area contributed by atoms with Crippen molar-refractivity contribution in [3.63, 3.8) is 0 Å². The number of nitrogens with zero attached hydrogens (tertiary/aromatic N) is 1. The second-order valence-corrected chi connectivity index (χ2v) is 6.59. The van der Waals surface area contributed by atoms with Crippen LogP contribution in [0.1, 0.15) is 12.8 Å². The molecule has 2 rings (SSSR count). The summed E-state index contributed by atoms with van der Waals surface area (Å²) in [6, 6.07) is 4.53. The van der Waals surface area contributed by atoms with Crippen LogP contribution >= 0.6 is 0 Å². The van der Waals surface area contributed by atoms with Gasteiger partial charge in [0.15, 0.2) is 0 Å². The maximum atomic E-state index is 12.2. The Bertz CT molecular complexity index is 554. The van der Waals surface area contributed by atoms with Crippen molar-refractivity contribution in [2.45, 2.75) is 17.7 Å². The van der Waals surface area contributed by atoms with Gasteiger partial charge in [-0.15, -0.1) is 0 Å². The normalized spacial score (nSPS) is 16.4. The Balaban J connectivity index is 2.02. The molecule has 0 aromatic heterocycles. The number of ether oxygens (including phenoxy) is 1. The zero-order valence-electron chi connectivity index (χ0n) is 11.6. The number of sulfonamides is 1. The predicted octanol–water partition coefficient (Wildman–Crippen LogP) is 0.652. The van der Waals surface area contributed by atoms with Gasteiger partial charge in [-0.1, -0.05) is 0 Å². The van der Waals surface area contributed by atoms with Crippen molar-refractivity contribution in [2.24, 2.45) is 0 Å². The third kappa shape index (κ3) is 3.62. The average Bonchev–Trinajstić information content (AvgIpc) is 2.91. The van der Waals surface area contributed by atoms with Crippen LogP contribution in [0.15, 0.2) is 23.1 Å². The van der Waals surface area contributed by atoms with Crippen molar-refractivity contribution < 1.29 is 13.2 Å². The van der Waals surface area contributed by atoms with E-state index in [1.54, 1.807) is 6.07 Å². The van der Waals surface area contributed by atoms with Crippen molar-refractivity contribution in [2.75, 3.05) is 39.0 Å². The number of nitrogen functional groups attached to an aromatic ring is 1. The number of likely N-dealkylation sites (tertiary alicyclic amines) is 1. The fraction of sp³-hybridized carbons (Fsp3) is 0.538. The van der Waals surface area contributed by atoms with Gasteiger partial charge in [0.25, 0.3) is 0 Å². The second kappa shape index (κ2) is 6.43. The SMILES string of the molecule is COc1cc(N)ccc1S(=O)(=O)NCCN1CCCC1. The number of nitrogens with one attached hydrogen (secondary N) is 1. The highest BCUT2D eigenvalue weighted by atomic mass is 32.2. The van der Waals surface area contributed by atoms with Crippen molar-refractivity contribution in [1.29, 1.82) is 0 Å². The molecule has 3 N–H and O–H groups in total. The van der Waals surface area contributed by atoms with E-state index in [0.29, 0.717) is 12.2 Å². The van der Waals surface area contributed by atoms with Crippen molar-refractivity contribution >= 4 is 15.7 Å². The first-order valence-electron chi connectivity index (χ1n) is 6.68. The quantitative estimate of drug-likeness (QED) is 0.754. The number of nitrogens with two attached hydrogens (primary N) is 1. The van der Waals surface area contributed by atoms with E-state index in [2.05, 4.69) is 9.62 Å². The van der Waals surface area contributed by atoms with Gasteiger partial charge in [0, 0.05) is 24.8 Å². The molecule has 0 radical (unpaired) electrons. The average molecular weight is 299 g/mol. The summed E-state index contributed by atoms with van der Waals surface area (Å²) in [6.07, 6.45) is 2.39. The summed E-state index contributed by atoms with van der Waals surface area (Å²) < 4.78 is 32.2. The molecular formula is C13H21N3O3S. The van der Waals surface area contributed by atoms with E-state index in [0.717, 1.165) is 19.6 Å². The summed E-state index contributed by atoms with van der Waals surface area (Å²) in [5.41, 5.74) is 6.10. The third-order valence-electron chi connectivity index (χ3n) is 3.40. The molecule has 0 amide bonds. The van der Waals surface area contributed by atoms with E-state index < -0.39 is 10.0 Å². The fourth-order valence-corrected chi connectivity index (χ4v) is 3.50. The van der Waals surface area contributed by atoms with Gasteiger partial charge in [0.1, 0.15) is 10.6 Å². The molecule has 7 heteroatoms. The van der Waals surface area contributed by atoms with Gasteiger partial charge in [0.2, 0.25) is 10.0 Å². The van der Waals surface area contributed by atoms with Crippen LogP contribution in [0.2, 0.25) is 0 Å². The predicted molar refractivity (Wildman–Crippen MR) is 78.3 cm³/mol. The first kappa shape index (κ1) is 15.1. The summed E-state index contributed by atoms with van der Waals surface area (Å²) in [4.78, 5) is 2.37. The third-order valence-corrected chi connectivity index (χ3v) is 4.90. The number of hydrogen-bond donors (Lipinski definition) is 2. The molecule has 0 unspecified atom stereocenters. The van der Waals surface area contributed by atoms with E-state index in [4.69, 9.17) is 10.5 Å². The lowest BCUT2D eigenvalue weighted by Crippen LogP contribution is -2.33. The van der Waals surface area contributed by atoms with Gasteiger partial charge < -0.3 is 15.4 Å². The molecule has 0 aliphatic carbocycles. The second-order valence-electron chi connectivity index (χ2n) is 4.86. The molecule has 0 atom stereocenters. The standard InChI is InChI=1S/C13H21N3O3S/c1-19-12-10-11(14)4-5-13(12)20(17,18)15-6-9-16-7-2-3-8-16/h4-5,10,15H,2-3,6-9,14H2,1H3. The Morgan fingerprint density at radius 3 is 2.70 bits per heavy atom. The minimum absolute atomic E-state index is 0.121. The van der Waals surface area contributed by atoms with Crippen LogP contribution < -0.4 is 15.2 Å². The molecule has 20 heavy (non-hydrogen) atoms. The molecule has 6 nitrogen and oxygen atoms in total. The lowest BCUT2D eigenvalue weighted by atomic mass is 10.3. The maximum absolute atomic E-state index is 12.2. The Kier molecular flexibility index (Phi) is 4.85. The van der Waals surface area contributed by atoms with E-state index in [-0.39, 0.29) is 10.6 Å². The van der Waals surface area contributed by atoms with Crippen LogP contribution in [0, 0.1) is 0 Å². The smallest absolute Gasteiger partial charge is 0.244 e. The molecule has 1 aliphatic rings. The van der Waals surface area contributed by atoms with Gasteiger partial charge in [-0.05, 0) is 38.1 Å². The van der Waals surface area contributed by atoms with Crippen molar-refractivity contribution in [1.82, 2.24) is 9.62 Å². The van der Waals surface area contributed by atoms with E-state index in [9.17, 15) is 8.42 Å². The van der Waals surface area contributed by atoms with Crippen LogP contribution in [-0.2, 0) is 10.0 Å². The minimum atomic E-state index is -3.57. The first-order chi connectivity index (χ1) is 9.53. The number of methoxy groups -OCH3 is 1. The number of rotatable bonds is 6. The molecule has 112 valence electrons. The lowest BCUT2D eigenvalue weighted by Gasteiger charge is -2.15. The molecule has 1 aromatic rings. The minimum Gasteiger partial charge on any atom is -0.495 e. The summed E-state index contributed by atoms with van der Waals surface area (Å²) in [7, 11) is -2.14. The monoisotopic (exact) mass is 299 g/mol. The summed E-state index contributed by atoms with van der Waals surface area (Å²) in [5, 5.41) is 0. The van der Waals surface area contributed by atoms with Gasteiger partial charge in [-0.25, -0.2) is 13.1 Å². The van der Waals surface area contributed by atoms with Gasteiger partial charge in [0.05, 0.1) is 7.11 Å². The summed E-state index contributed by atoms with van der Waals surface area (Å²) in [6.45, 7) is 3.23. The molecular weight excluding hydrogens is 278 g/mol. The van der Waals surface area contributed by atoms with E-state index in [1.165, 1.54) is 32.1 Å². The van der Waals surface area contributed by atoms with Crippen LogP contribution in [0.25, 0.3) is 0 Å². The Hall–Kier alpha value is -1.31. The molecule has 1 fully saturated rings. The highest BCUT2D eigenvalue weighted by molar-refractivity contribution is 7.89. The van der Waals surface area contributed by atoms with Gasteiger partial charge >= 0.3 is 0 Å². The van der Waals surface area contributed by atoms with Crippen LogP contribution in [-0.4, -0.2) is 46.6 Å². The zero-order valence-corrected chi connectivity index (χ0v) is 12.4. The van der Waals surface area contributed by atoms with Gasteiger partial charge in [-0.3, -0.25) is 0 Å². The molecule has 1 saturated heterocycles. The lowest BCUT2D eigenvalue weighted by molar-refractivity contribution is 0.344. The molecule has 0 bridgehead atoms. The van der Waals surface area contributed by atoms with Crippen LogP contribution in [0.3, 0.4) is 0 Å². The fourth-order valence-electron chi connectivity index (χ4n) is 2.33. The van der Waals surface area contributed by atoms with Crippen molar-refractivity contribution in [3.05, 3.63) is 18.2 Å². The molecule has 1 aromatic carbocycles. The van der Waals surface area contributed by atoms with Crippen LogP contribution in [0.5, 0.6) is 5.75 Å². The Labute approximate surface area is 120 Å². The molecule has 1 aliphatic heterocycles. The highest BCUT2D eigenvalue weighted by Gasteiger charge is 2.20. The largest absolute Gasteiger partial charge is 0.495 e. The Morgan fingerprint density at radius 1 is 1.35 bits per heavy atom. The number of anilines is 1. The summed E-state index contributed by atoms with van der Waals surface area (Å²) in [5.74, 6) is 0.263. The molecule has 0 spiro atoms. The number of hydrogen-bond acceptors (Lipinski definition) is 5. The maximum Gasteiger partial charge on any atom is 0.244 e. The van der Waals surface area contributed by atoms with E-state index >= 15 is 0 Å². The first-order valence-corrected chi connectivity index (χ1v) is 8.17. The highest BCUT2D eigenvalue weighted by Crippen LogP contribution is 2.25. The molecule has 0 saturated carbocycles. The van der Waals surface area contributed by atoms with E-state index in [1.807, 2.05) is 0 Å². The Morgan fingerprint density at radius 2 is 2.05 bits per heavy atom. The number of benzene rings is 1. The molecule has 1 heterocycles. The van der Waals surface area contributed by atoms with Gasteiger partial charge in [-0.2, -0.15) is 0 Å². The van der Waals surface area contributed by atoms with Crippen LogP contribution in [0.4, 0.5) is 5.69 Å². The summed E-state index contributed by atoms with van der Waals surface area (Å²) >= 11 is 0. The van der Waals surface area contributed by atoms with Crippen molar-refractivity contribution in [3.8, 4) is 5.75 Å². The zero-order chi connectivity index (χ0) is 14.6. The topological polar surface area (TPSA) is 84.7 Å².